The predicted molar refractivity (Wildman–Crippen MR) is 52.3 cm³/mol. The van der Waals surface area contributed by atoms with Gasteiger partial charge >= 0.3 is 17.1 Å². The normalized spacial score (nSPS) is 12.0. The molecule has 0 fully saturated rings. The van der Waals surface area contributed by atoms with Gasteiger partial charge in [-0.25, -0.2) is 0 Å². The van der Waals surface area contributed by atoms with Crippen molar-refractivity contribution in [2.75, 3.05) is 14.2 Å². The van der Waals surface area contributed by atoms with Gasteiger partial charge in [0.1, 0.15) is 0 Å². The zero-order valence-electron chi connectivity index (χ0n) is 8.98. The second-order valence-electron chi connectivity index (χ2n) is 3.31. The fraction of sp³-hybridized carbons (Fsp3) is 1.00. The maximum atomic E-state index is 8.00. The first-order valence-corrected chi connectivity index (χ1v) is 9.41. The summed E-state index contributed by atoms with van der Waals surface area (Å²) in [5.41, 5.74) is 0. The maximum absolute atomic E-state index is 8.00. The zero-order valence-corrected chi connectivity index (χ0v) is 11.0. The molecule has 0 heterocycles. The Morgan fingerprint density at radius 2 is 1.00 bits per heavy atom. The van der Waals surface area contributed by atoms with E-state index in [2.05, 4.69) is 0 Å². The first-order valence-electron chi connectivity index (χ1n) is 3.78. The van der Waals surface area contributed by atoms with Gasteiger partial charge in [0, 0.05) is 23.4 Å². The third-order valence-electron chi connectivity index (χ3n) is 1.47. The van der Waals surface area contributed by atoms with Gasteiger partial charge in [-0.05, 0) is 26.2 Å². The lowest BCUT2D eigenvalue weighted by atomic mass is 11.8. The average molecular weight is 232 g/mol. The van der Waals surface area contributed by atoms with Gasteiger partial charge in [-0.15, -0.1) is 0 Å². The van der Waals surface area contributed by atoms with Crippen LogP contribution in [0, 0.1) is 0 Å². The third kappa shape index (κ3) is 8.50. The molecule has 0 aliphatic rings. The maximum Gasteiger partial charge on any atom is 0.322 e. The molecule has 0 aromatic rings. The van der Waals surface area contributed by atoms with E-state index in [0.29, 0.717) is 0 Å². The lowest BCUT2D eigenvalue weighted by Gasteiger charge is -2.30. The smallest absolute Gasteiger partial charge is 0.322 e. The first-order chi connectivity index (χ1) is 5.83. The summed E-state index contributed by atoms with van der Waals surface area (Å²) in [6.07, 6.45) is 0. The topological polar surface area (TPSA) is 27.7 Å². The summed E-state index contributed by atoms with van der Waals surface area (Å²) in [7, 11) is -0.420. The van der Waals surface area contributed by atoms with Gasteiger partial charge in [0.2, 0.25) is 0 Å². The molecule has 0 rings (SSSR count). The molecule has 13 heavy (non-hydrogen) atoms. The van der Waals surface area contributed by atoms with E-state index in [-0.39, 0.29) is 0 Å². The molecule has 0 aliphatic heterocycles. The highest BCUT2D eigenvalue weighted by Gasteiger charge is 2.34. The molecule has 0 saturated carbocycles. The molecule has 3 nitrogen and oxygen atoms in total. The molecule has 82 valence electrons. The van der Waals surface area contributed by atoms with Crippen molar-refractivity contribution in [1.82, 2.24) is 0 Å². The Bertz CT molecular complexity index is 119. The Hall–Kier alpha value is 0.174. The van der Waals surface area contributed by atoms with E-state index in [4.69, 9.17) is 22.1 Å². The monoisotopic (exact) mass is 232 g/mol. The summed E-state index contributed by atoms with van der Waals surface area (Å²) in [5, 5.41) is 0. The van der Waals surface area contributed by atoms with Crippen molar-refractivity contribution in [3.63, 3.8) is 0 Å². The fourth-order valence-electron chi connectivity index (χ4n) is 0.675. The summed E-state index contributed by atoms with van der Waals surface area (Å²) in [6, 6.07) is 0. The van der Waals surface area contributed by atoms with E-state index in [1.807, 2.05) is 26.2 Å². The summed E-state index contributed by atoms with van der Waals surface area (Å²) in [4.78, 5) is 0. The van der Waals surface area contributed by atoms with E-state index < -0.39 is 17.1 Å². The van der Waals surface area contributed by atoms with Gasteiger partial charge < -0.3 is 13.0 Å². The van der Waals surface area contributed by atoms with Crippen LogP contribution in [0.25, 0.3) is 0 Å². The van der Waals surface area contributed by atoms with Crippen molar-refractivity contribution in [1.29, 1.82) is 0 Å². The second kappa shape index (κ2) is 6.60. The minimum absolute atomic E-state index is 1.69. The Kier molecular flexibility index (Phi) is 7.94. The van der Waals surface area contributed by atoms with Gasteiger partial charge in [-0.3, -0.25) is 0 Å². The molecule has 0 amide bonds. The van der Waals surface area contributed by atoms with Crippen molar-refractivity contribution in [3.05, 3.63) is 0 Å². The third-order valence-corrected chi connectivity index (χ3v) is 7.37. The van der Waals surface area contributed by atoms with Gasteiger partial charge in [-0.2, -0.15) is 0 Å². The Morgan fingerprint density at radius 1 is 0.769 bits per heavy atom. The summed E-state index contributed by atoms with van der Waals surface area (Å²) < 4.78 is 32.3. The zero-order chi connectivity index (χ0) is 11.1. The van der Waals surface area contributed by atoms with Crippen molar-refractivity contribution < 1.29 is 22.1 Å². The molecule has 0 aromatic heterocycles. The summed E-state index contributed by atoms with van der Waals surface area (Å²) in [5.74, 6) is 0. The highest BCUT2D eigenvalue weighted by molar-refractivity contribution is 6.78. The Labute approximate surface area is 80.4 Å². The summed E-state index contributed by atoms with van der Waals surface area (Å²) in [6.45, 7) is 8.06. The van der Waals surface area contributed by atoms with Gasteiger partial charge in [0.15, 0.2) is 0 Å². The molecule has 0 aliphatic carbocycles. The van der Waals surface area contributed by atoms with E-state index >= 15 is 0 Å². The van der Waals surface area contributed by atoms with Gasteiger partial charge in [0.25, 0.3) is 0 Å². The quantitative estimate of drug-likeness (QED) is 0.697. The SMILES string of the molecule is CO[Si](C)(C)O[Si](C)(C)OC.FF. The van der Waals surface area contributed by atoms with E-state index in [9.17, 15) is 0 Å². The first kappa shape index (κ1) is 15.6. The Balaban J connectivity index is 0. The molecular formula is C6H18F2O3Si2. The van der Waals surface area contributed by atoms with Crippen LogP contribution in [0.1, 0.15) is 0 Å². The molecule has 0 atom stereocenters. The molecular weight excluding hydrogens is 214 g/mol. The average Bonchev–Trinajstić information content (AvgIpc) is 2.07. The fourth-order valence-corrected chi connectivity index (χ4v) is 6.08. The van der Waals surface area contributed by atoms with Gasteiger partial charge in [0.05, 0.1) is 0 Å². The number of hydrogen-bond donors (Lipinski definition) is 0. The number of halogens is 2. The number of rotatable bonds is 4. The molecule has 7 heteroatoms. The van der Waals surface area contributed by atoms with Crippen LogP contribution in [0.5, 0.6) is 0 Å². The molecule has 0 spiro atoms. The van der Waals surface area contributed by atoms with Crippen LogP contribution in [-0.2, 0) is 13.0 Å². The number of hydrogen-bond acceptors (Lipinski definition) is 3. The molecule has 0 unspecified atom stereocenters. The molecule has 0 radical (unpaired) electrons. The van der Waals surface area contributed by atoms with Crippen LogP contribution < -0.4 is 0 Å². The van der Waals surface area contributed by atoms with Crippen molar-refractivity contribution in [2.45, 2.75) is 26.2 Å². The van der Waals surface area contributed by atoms with E-state index in [1.54, 1.807) is 14.2 Å². The Morgan fingerprint density at radius 3 is 1.15 bits per heavy atom. The highest BCUT2D eigenvalue weighted by Crippen LogP contribution is 2.14. The molecule has 0 aromatic carbocycles. The lowest BCUT2D eigenvalue weighted by molar-refractivity contribution is 0.108. The second-order valence-corrected chi connectivity index (χ2v) is 10.5. The van der Waals surface area contributed by atoms with Crippen LogP contribution in [-0.4, -0.2) is 31.3 Å². The van der Waals surface area contributed by atoms with Crippen LogP contribution in [0.15, 0.2) is 0 Å². The van der Waals surface area contributed by atoms with Gasteiger partial charge in [-0.1, -0.05) is 0 Å². The van der Waals surface area contributed by atoms with Crippen molar-refractivity contribution in [3.8, 4) is 0 Å². The van der Waals surface area contributed by atoms with E-state index in [1.165, 1.54) is 0 Å². The van der Waals surface area contributed by atoms with E-state index in [0.717, 1.165) is 0 Å². The van der Waals surface area contributed by atoms with Crippen LogP contribution in [0.2, 0.25) is 26.2 Å². The van der Waals surface area contributed by atoms with Crippen LogP contribution >= 0.6 is 0 Å². The minimum Gasteiger partial charge on any atom is -0.415 e. The molecule has 0 N–H and O–H groups in total. The van der Waals surface area contributed by atoms with Crippen LogP contribution in [0.4, 0.5) is 9.15 Å². The largest absolute Gasteiger partial charge is 0.415 e. The lowest BCUT2D eigenvalue weighted by Crippen LogP contribution is -2.47. The minimum atomic E-state index is -1.90. The summed E-state index contributed by atoms with van der Waals surface area (Å²) >= 11 is 0. The van der Waals surface area contributed by atoms with Crippen molar-refractivity contribution in [2.24, 2.45) is 0 Å². The standard InChI is InChI=1S/C6H18O3Si2.F2/c1-7-10(3,4)9-11(5,6)8-2;1-2/h1-6H3;. The molecule has 0 saturated heterocycles. The molecule has 0 bridgehead atoms. The highest BCUT2D eigenvalue weighted by atomic mass is 28.5. The van der Waals surface area contributed by atoms with Crippen molar-refractivity contribution >= 4 is 17.1 Å². The predicted octanol–water partition coefficient (Wildman–Crippen LogP) is 2.54. The van der Waals surface area contributed by atoms with Crippen LogP contribution in [0.3, 0.4) is 0 Å².